The molecule has 0 fully saturated rings. The van der Waals surface area contributed by atoms with Crippen LogP contribution in [0.15, 0.2) is 205 Å². The lowest BCUT2D eigenvalue weighted by molar-refractivity contribution is 0.658. The molecule has 1 aromatic heterocycles. The Morgan fingerprint density at radius 1 is 0.452 bits per heavy atom. The van der Waals surface area contributed by atoms with Gasteiger partial charge in [0.2, 0.25) is 0 Å². The number of benzene rings is 10. The summed E-state index contributed by atoms with van der Waals surface area (Å²) in [6.07, 6.45) is 0.963. The third kappa shape index (κ3) is 5.15. The standard InChI is InChI=1S/C61H42O/c1-61(2)54-23-10-9-19-49(54)50-32-31-44(36-55(50)61)57(39-28-26-38(27-29-39)45-20-11-21-48-46-17-7-5-15-41(46)34-52(45)48)51-22-12-24-56-59(51)53-35-42-16-6-8-18-47(42)58(60(53)62-56)43-30-25-37-13-3-4-14-40(37)33-43/h3-33,35-36,57H,34H2,1-2H3. The third-order valence-corrected chi connectivity index (χ3v) is 14.2. The van der Waals surface area contributed by atoms with Gasteiger partial charge in [-0.25, -0.2) is 0 Å². The average Bonchev–Trinajstić information content (AvgIpc) is 3.96. The van der Waals surface area contributed by atoms with E-state index in [1.807, 2.05) is 0 Å². The van der Waals surface area contributed by atoms with Gasteiger partial charge in [0.1, 0.15) is 11.2 Å². The highest BCUT2D eigenvalue weighted by molar-refractivity contribution is 6.19. The number of fused-ring (bicyclic) bond motifs is 11. The lowest BCUT2D eigenvalue weighted by Gasteiger charge is -2.25. The normalized spacial score (nSPS) is 14.0. The Morgan fingerprint density at radius 3 is 2.02 bits per heavy atom. The first-order valence-electron chi connectivity index (χ1n) is 21.9. The number of hydrogen-bond acceptors (Lipinski definition) is 1. The van der Waals surface area contributed by atoms with Gasteiger partial charge in [-0.3, -0.25) is 0 Å². The summed E-state index contributed by atoms with van der Waals surface area (Å²) in [6.45, 7) is 4.76. The third-order valence-electron chi connectivity index (χ3n) is 14.2. The van der Waals surface area contributed by atoms with Crippen molar-refractivity contribution in [2.24, 2.45) is 0 Å². The predicted molar refractivity (Wildman–Crippen MR) is 259 cm³/mol. The van der Waals surface area contributed by atoms with Crippen LogP contribution in [-0.4, -0.2) is 0 Å². The van der Waals surface area contributed by atoms with Crippen LogP contribution in [-0.2, 0) is 11.8 Å². The molecule has 1 nitrogen and oxygen atoms in total. The molecule has 292 valence electrons. The Balaban J connectivity index is 1.03. The molecule has 0 N–H and O–H groups in total. The molecule has 1 atom stereocenters. The van der Waals surface area contributed by atoms with Crippen LogP contribution in [0.3, 0.4) is 0 Å². The van der Waals surface area contributed by atoms with Crippen molar-refractivity contribution in [3.8, 4) is 44.5 Å². The second-order valence-corrected chi connectivity index (χ2v) is 17.9. The second-order valence-electron chi connectivity index (χ2n) is 17.9. The molecule has 0 spiro atoms. The fraction of sp³-hybridized carbons (Fsp3) is 0.0820. The van der Waals surface area contributed by atoms with Crippen LogP contribution in [0.4, 0.5) is 0 Å². The Bertz CT molecular complexity index is 3640. The molecule has 11 aromatic rings. The zero-order chi connectivity index (χ0) is 41.1. The highest BCUT2D eigenvalue weighted by Gasteiger charge is 2.36. The van der Waals surface area contributed by atoms with Crippen LogP contribution < -0.4 is 0 Å². The van der Waals surface area contributed by atoms with E-state index in [4.69, 9.17) is 4.42 Å². The Morgan fingerprint density at radius 2 is 1.13 bits per heavy atom. The van der Waals surface area contributed by atoms with Crippen molar-refractivity contribution in [3.63, 3.8) is 0 Å². The molecule has 1 unspecified atom stereocenters. The van der Waals surface area contributed by atoms with Gasteiger partial charge < -0.3 is 4.42 Å². The number of hydrogen-bond donors (Lipinski definition) is 0. The molecule has 0 bridgehead atoms. The Hall–Kier alpha value is -7.48. The summed E-state index contributed by atoms with van der Waals surface area (Å²) < 4.78 is 7.12. The molecule has 62 heavy (non-hydrogen) atoms. The summed E-state index contributed by atoms with van der Waals surface area (Å²) in [5.74, 6) is -0.0558. The van der Waals surface area contributed by atoms with Gasteiger partial charge in [-0.1, -0.05) is 196 Å². The molecule has 0 saturated carbocycles. The van der Waals surface area contributed by atoms with Crippen molar-refractivity contribution >= 4 is 43.5 Å². The fourth-order valence-corrected chi connectivity index (χ4v) is 11.3. The molecule has 1 heterocycles. The molecule has 1 heteroatoms. The summed E-state index contributed by atoms with van der Waals surface area (Å²) in [4.78, 5) is 0. The SMILES string of the molecule is CC1(C)c2ccccc2-c2ccc(C(c3ccc(-c4cccc5c4Cc4ccccc4-5)cc3)c3cccc4oc5c(-c6ccc7ccccc7c6)c6ccccc6cc5c34)cc21. The summed E-state index contributed by atoms with van der Waals surface area (Å²) in [7, 11) is 0. The molecule has 0 aliphatic heterocycles. The van der Waals surface area contributed by atoms with Crippen molar-refractivity contribution in [1.29, 1.82) is 0 Å². The molecular formula is C61H42O. The maximum Gasteiger partial charge on any atom is 0.143 e. The molecule has 2 aliphatic rings. The van der Waals surface area contributed by atoms with E-state index in [0.717, 1.165) is 34.1 Å². The molecular weight excluding hydrogens is 749 g/mol. The van der Waals surface area contributed by atoms with E-state index in [1.165, 1.54) is 99.3 Å². The van der Waals surface area contributed by atoms with E-state index in [0.29, 0.717) is 0 Å². The second kappa shape index (κ2) is 13.3. The topological polar surface area (TPSA) is 13.1 Å². The van der Waals surface area contributed by atoms with Crippen LogP contribution in [0, 0.1) is 0 Å². The van der Waals surface area contributed by atoms with Gasteiger partial charge in [-0.05, 0) is 124 Å². The first kappa shape index (κ1) is 35.3. The fourth-order valence-electron chi connectivity index (χ4n) is 11.3. The van der Waals surface area contributed by atoms with E-state index in [2.05, 4.69) is 214 Å². The van der Waals surface area contributed by atoms with Gasteiger partial charge in [-0.15, -0.1) is 0 Å². The van der Waals surface area contributed by atoms with Gasteiger partial charge >= 0.3 is 0 Å². The van der Waals surface area contributed by atoms with Crippen molar-refractivity contribution < 1.29 is 4.42 Å². The summed E-state index contributed by atoms with van der Waals surface area (Å²) in [5, 5.41) is 7.17. The predicted octanol–water partition coefficient (Wildman–Crippen LogP) is 16.3. The van der Waals surface area contributed by atoms with Crippen LogP contribution in [0.2, 0.25) is 0 Å². The minimum Gasteiger partial charge on any atom is -0.455 e. The van der Waals surface area contributed by atoms with Crippen molar-refractivity contribution in [2.75, 3.05) is 0 Å². The molecule has 0 amide bonds. The molecule has 13 rings (SSSR count). The van der Waals surface area contributed by atoms with Crippen molar-refractivity contribution in [3.05, 3.63) is 239 Å². The smallest absolute Gasteiger partial charge is 0.143 e. The van der Waals surface area contributed by atoms with Crippen LogP contribution in [0.25, 0.3) is 88.0 Å². The average molecular weight is 791 g/mol. The number of rotatable bonds is 5. The monoisotopic (exact) mass is 790 g/mol. The van der Waals surface area contributed by atoms with Gasteiger partial charge in [-0.2, -0.15) is 0 Å². The van der Waals surface area contributed by atoms with Crippen molar-refractivity contribution in [1.82, 2.24) is 0 Å². The summed E-state index contributed by atoms with van der Waals surface area (Å²) >= 11 is 0. The molecule has 10 aromatic carbocycles. The highest BCUT2D eigenvalue weighted by Crippen LogP contribution is 2.52. The van der Waals surface area contributed by atoms with E-state index >= 15 is 0 Å². The summed E-state index contributed by atoms with van der Waals surface area (Å²) in [5.41, 5.74) is 21.4. The van der Waals surface area contributed by atoms with Crippen LogP contribution in [0.1, 0.15) is 58.7 Å². The Labute approximate surface area is 361 Å². The summed E-state index contributed by atoms with van der Waals surface area (Å²) in [6, 6.07) is 74.6. The first-order chi connectivity index (χ1) is 30.5. The Kier molecular flexibility index (Phi) is 7.55. The van der Waals surface area contributed by atoms with Gasteiger partial charge in [0.05, 0.1) is 0 Å². The largest absolute Gasteiger partial charge is 0.455 e. The zero-order valence-corrected chi connectivity index (χ0v) is 34.7. The molecule has 2 aliphatic carbocycles. The van der Waals surface area contributed by atoms with Gasteiger partial charge in [0.25, 0.3) is 0 Å². The molecule has 0 radical (unpaired) electrons. The van der Waals surface area contributed by atoms with Gasteiger partial charge in [0, 0.05) is 27.7 Å². The lowest BCUT2D eigenvalue weighted by Crippen LogP contribution is -2.15. The quantitative estimate of drug-likeness (QED) is 0.158. The number of furan rings is 1. The maximum atomic E-state index is 7.12. The minimum atomic E-state index is -0.121. The van der Waals surface area contributed by atoms with E-state index in [-0.39, 0.29) is 11.3 Å². The van der Waals surface area contributed by atoms with Gasteiger partial charge in [0.15, 0.2) is 0 Å². The van der Waals surface area contributed by atoms with Crippen LogP contribution in [0.5, 0.6) is 0 Å². The lowest BCUT2D eigenvalue weighted by atomic mass is 9.78. The maximum absolute atomic E-state index is 7.12. The minimum absolute atomic E-state index is 0.0558. The first-order valence-corrected chi connectivity index (χ1v) is 21.9. The molecule has 0 saturated heterocycles. The zero-order valence-electron chi connectivity index (χ0n) is 34.7. The van der Waals surface area contributed by atoms with E-state index in [9.17, 15) is 0 Å². The van der Waals surface area contributed by atoms with Crippen LogP contribution >= 0.6 is 0 Å². The van der Waals surface area contributed by atoms with E-state index in [1.54, 1.807) is 0 Å². The van der Waals surface area contributed by atoms with E-state index < -0.39 is 0 Å². The van der Waals surface area contributed by atoms with Crippen molar-refractivity contribution in [2.45, 2.75) is 31.6 Å². The highest BCUT2D eigenvalue weighted by atomic mass is 16.3.